The molecule has 1 N–H and O–H groups in total. The number of amides is 1. The van der Waals surface area contributed by atoms with Crippen molar-refractivity contribution in [3.63, 3.8) is 0 Å². The van der Waals surface area contributed by atoms with Gasteiger partial charge in [-0.3, -0.25) is 9.69 Å². The van der Waals surface area contributed by atoms with E-state index in [0.29, 0.717) is 31.9 Å². The van der Waals surface area contributed by atoms with Crippen molar-refractivity contribution in [1.82, 2.24) is 14.5 Å². The fourth-order valence-electron chi connectivity index (χ4n) is 2.91. The number of carbonyl (C=O) groups is 1. The minimum absolute atomic E-state index is 0.0739. The molecule has 1 aromatic heterocycles. The fraction of sp³-hybridized carbons (Fsp3) is 0.389. The molecule has 3 rings (SSSR count). The summed E-state index contributed by atoms with van der Waals surface area (Å²) in [5, 5.41) is 1.90. The summed E-state index contributed by atoms with van der Waals surface area (Å²) in [6.07, 6.45) is 0. The number of carbonyl (C=O) groups excluding carboxylic acids is 1. The minimum atomic E-state index is -3.54. The van der Waals surface area contributed by atoms with Crippen LogP contribution in [0.5, 0.6) is 5.75 Å². The topological polar surface area (TPSA) is 79.0 Å². The van der Waals surface area contributed by atoms with Gasteiger partial charge in [0.1, 0.15) is 5.75 Å². The Labute approximate surface area is 163 Å². The zero-order valence-electron chi connectivity index (χ0n) is 15.1. The molecule has 0 aliphatic carbocycles. The number of sulfonamides is 1. The van der Waals surface area contributed by atoms with Gasteiger partial charge in [0.25, 0.3) is 5.91 Å². The van der Waals surface area contributed by atoms with Crippen LogP contribution in [0.2, 0.25) is 0 Å². The van der Waals surface area contributed by atoms with Gasteiger partial charge in [0.2, 0.25) is 10.0 Å². The zero-order chi connectivity index (χ0) is 19.3. The lowest BCUT2D eigenvalue weighted by atomic mass is 10.3. The molecule has 0 saturated carbocycles. The molecule has 0 spiro atoms. The van der Waals surface area contributed by atoms with Gasteiger partial charge in [-0.25, -0.2) is 13.1 Å². The van der Waals surface area contributed by atoms with E-state index in [2.05, 4.69) is 9.62 Å². The zero-order valence-corrected chi connectivity index (χ0v) is 16.8. The molecule has 2 heterocycles. The number of nitrogens with zero attached hydrogens (tertiary/aromatic N) is 2. The van der Waals surface area contributed by atoms with Gasteiger partial charge < -0.3 is 9.64 Å². The van der Waals surface area contributed by atoms with E-state index in [1.165, 1.54) is 30.6 Å². The number of benzene rings is 1. The Balaban J connectivity index is 1.44. The van der Waals surface area contributed by atoms with Crippen LogP contribution in [0, 0.1) is 0 Å². The highest BCUT2D eigenvalue weighted by molar-refractivity contribution is 7.89. The van der Waals surface area contributed by atoms with Gasteiger partial charge in [0.05, 0.1) is 16.9 Å². The van der Waals surface area contributed by atoms with E-state index in [1.54, 1.807) is 12.1 Å². The number of methoxy groups -OCH3 is 1. The molecule has 0 radical (unpaired) electrons. The highest BCUT2D eigenvalue weighted by atomic mass is 32.2. The Hall–Kier alpha value is -1.94. The van der Waals surface area contributed by atoms with Gasteiger partial charge in [0, 0.05) is 39.3 Å². The fourth-order valence-corrected chi connectivity index (χ4v) is 4.62. The number of ether oxygens (including phenoxy) is 1. The van der Waals surface area contributed by atoms with Crippen molar-refractivity contribution >= 4 is 27.3 Å². The summed E-state index contributed by atoms with van der Waals surface area (Å²) >= 11 is 1.45. The molecule has 1 aliphatic rings. The monoisotopic (exact) mass is 409 g/mol. The number of thiophene rings is 1. The van der Waals surface area contributed by atoms with Crippen LogP contribution in [0.25, 0.3) is 0 Å². The van der Waals surface area contributed by atoms with Crippen LogP contribution >= 0.6 is 11.3 Å². The minimum Gasteiger partial charge on any atom is -0.497 e. The Morgan fingerprint density at radius 1 is 1.15 bits per heavy atom. The molecule has 146 valence electrons. The van der Waals surface area contributed by atoms with Crippen LogP contribution in [0.4, 0.5) is 0 Å². The first kappa shape index (κ1) is 19.8. The molecule has 2 aromatic rings. The molecular weight excluding hydrogens is 386 g/mol. The van der Waals surface area contributed by atoms with Gasteiger partial charge in [0.15, 0.2) is 0 Å². The summed E-state index contributed by atoms with van der Waals surface area (Å²) < 4.78 is 32.3. The van der Waals surface area contributed by atoms with Crippen molar-refractivity contribution < 1.29 is 17.9 Å². The molecule has 7 nitrogen and oxygen atoms in total. The maximum Gasteiger partial charge on any atom is 0.264 e. The second-order valence-corrected chi connectivity index (χ2v) is 8.90. The van der Waals surface area contributed by atoms with E-state index in [0.717, 1.165) is 18.0 Å². The lowest BCUT2D eigenvalue weighted by molar-refractivity contribution is 0.0645. The number of hydrogen-bond donors (Lipinski definition) is 1. The van der Waals surface area contributed by atoms with Crippen molar-refractivity contribution in [3.05, 3.63) is 46.7 Å². The normalized spacial score (nSPS) is 15.7. The summed E-state index contributed by atoms with van der Waals surface area (Å²) in [5.41, 5.74) is 0. The van der Waals surface area contributed by atoms with E-state index in [9.17, 15) is 13.2 Å². The SMILES string of the molecule is COc1ccc(S(=O)(=O)NCCN2CCN(C(=O)c3cccs3)CC2)cc1. The van der Waals surface area contributed by atoms with Crippen molar-refractivity contribution in [2.45, 2.75) is 4.90 Å². The summed E-state index contributed by atoms with van der Waals surface area (Å²) in [7, 11) is -2.00. The first-order chi connectivity index (χ1) is 13.0. The molecule has 0 unspecified atom stereocenters. The second kappa shape index (κ2) is 8.83. The van der Waals surface area contributed by atoms with Gasteiger partial charge in [-0.15, -0.1) is 11.3 Å². The molecule has 1 amide bonds. The molecule has 27 heavy (non-hydrogen) atoms. The number of rotatable bonds is 7. The van der Waals surface area contributed by atoms with Crippen molar-refractivity contribution in [2.75, 3.05) is 46.4 Å². The van der Waals surface area contributed by atoms with Crippen LogP contribution < -0.4 is 9.46 Å². The smallest absolute Gasteiger partial charge is 0.264 e. The predicted molar refractivity (Wildman–Crippen MR) is 105 cm³/mol. The third kappa shape index (κ3) is 5.07. The summed E-state index contributed by atoms with van der Waals surface area (Å²) in [4.78, 5) is 17.3. The van der Waals surface area contributed by atoms with Crippen molar-refractivity contribution in [2.24, 2.45) is 0 Å². The summed E-state index contributed by atoms with van der Waals surface area (Å²) in [5.74, 6) is 0.689. The van der Waals surface area contributed by atoms with E-state index >= 15 is 0 Å². The molecular formula is C18H23N3O4S2. The van der Waals surface area contributed by atoms with Gasteiger partial charge in [-0.05, 0) is 35.7 Å². The second-order valence-electron chi connectivity index (χ2n) is 6.18. The molecule has 1 fully saturated rings. The largest absolute Gasteiger partial charge is 0.497 e. The Morgan fingerprint density at radius 3 is 2.44 bits per heavy atom. The summed E-state index contributed by atoms with van der Waals surface area (Å²) in [6.45, 7) is 3.72. The number of nitrogens with one attached hydrogen (secondary N) is 1. The average Bonchev–Trinajstić information content (AvgIpc) is 3.23. The van der Waals surface area contributed by atoms with Crippen LogP contribution in [0.15, 0.2) is 46.7 Å². The van der Waals surface area contributed by atoms with Crippen LogP contribution in [0.1, 0.15) is 9.67 Å². The highest BCUT2D eigenvalue weighted by Gasteiger charge is 2.23. The molecule has 9 heteroatoms. The Bertz CT molecular complexity index is 843. The molecule has 1 saturated heterocycles. The van der Waals surface area contributed by atoms with Crippen LogP contribution in [-0.4, -0.2) is 70.5 Å². The highest BCUT2D eigenvalue weighted by Crippen LogP contribution is 2.16. The Morgan fingerprint density at radius 2 is 1.85 bits per heavy atom. The molecule has 0 atom stereocenters. The predicted octanol–water partition coefficient (Wildman–Crippen LogP) is 1.49. The lowest BCUT2D eigenvalue weighted by Crippen LogP contribution is -2.50. The maximum atomic E-state index is 12.3. The average molecular weight is 410 g/mol. The number of hydrogen-bond acceptors (Lipinski definition) is 6. The number of piperazine rings is 1. The van der Waals surface area contributed by atoms with E-state index in [4.69, 9.17) is 4.74 Å². The van der Waals surface area contributed by atoms with Gasteiger partial charge >= 0.3 is 0 Å². The van der Waals surface area contributed by atoms with E-state index in [1.807, 2.05) is 22.4 Å². The molecule has 1 aromatic carbocycles. The Kier molecular flexibility index (Phi) is 6.48. The van der Waals surface area contributed by atoms with Gasteiger partial charge in [-0.1, -0.05) is 6.07 Å². The standard InChI is InChI=1S/C18H23N3O4S2/c1-25-15-4-6-16(7-5-15)27(23,24)19-8-9-20-10-12-21(13-11-20)18(22)17-3-2-14-26-17/h2-7,14,19H,8-13H2,1H3. The molecule has 1 aliphatic heterocycles. The third-order valence-corrected chi connectivity index (χ3v) is 6.82. The summed E-state index contributed by atoms with van der Waals surface area (Å²) in [6, 6.07) is 10.0. The lowest BCUT2D eigenvalue weighted by Gasteiger charge is -2.34. The van der Waals surface area contributed by atoms with E-state index < -0.39 is 10.0 Å². The van der Waals surface area contributed by atoms with Crippen LogP contribution in [0.3, 0.4) is 0 Å². The first-order valence-electron chi connectivity index (χ1n) is 8.68. The first-order valence-corrected chi connectivity index (χ1v) is 11.0. The third-order valence-electron chi connectivity index (χ3n) is 4.48. The van der Waals surface area contributed by atoms with E-state index in [-0.39, 0.29) is 10.8 Å². The quantitative estimate of drug-likeness (QED) is 0.750. The van der Waals surface area contributed by atoms with Crippen LogP contribution in [-0.2, 0) is 10.0 Å². The maximum absolute atomic E-state index is 12.3. The van der Waals surface area contributed by atoms with Crippen molar-refractivity contribution in [1.29, 1.82) is 0 Å². The van der Waals surface area contributed by atoms with Gasteiger partial charge in [-0.2, -0.15) is 0 Å². The van der Waals surface area contributed by atoms with Crippen molar-refractivity contribution in [3.8, 4) is 5.75 Å². The molecule has 0 bridgehead atoms.